The summed E-state index contributed by atoms with van der Waals surface area (Å²) in [6.07, 6.45) is 10.4. The van der Waals surface area contributed by atoms with Gasteiger partial charge in [0.05, 0.1) is 9.53 Å². The second-order valence-corrected chi connectivity index (χ2v) is 9.33. The minimum atomic E-state index is -0.133. The Labute approximate surface area is 119 Å². The monoisotopic (exact) mass is 432 g/mol. The van der Waals surface area contributed by atoms with Gasteiger partial charge in [0.15, 0.2) is 0 Å². The quantitative estimate of drug-likeness (QED) is 0.408. The Hall–Kier alpha value is 1.16. The molecule has 0 saturated heterocycles. The molecule has 3 rings (SSSR count). The van der Waals surface area contributed by atoms with Gasteiger partial charge in [-0.05, 0) is 19.3 Å². The van der Waals surface area contributed by atoms with Crippen LogP contribution in [0.15, 0.2) is 12.2 Å². The molecule has 0 radical (unpaired) electrons. The first kappa shape index (κ1) is 12.6. The zero-order valence-corrected chi connectivity index (χ0v) is 13.4. The Morgan fingerprint density at radius 2 is 2.07 bits per heavy atom. The van der Waals surface area contributed by atoms with Gasteiger partial charge in [-0.2, -0.15) is 0 Å². The minimum absolute atomic E-state index is 0.133. The lowest BCUT2D eigenvalue weighted by Crippen LogP contribution is -2.54. The Morgan fingerprint density at radius 1 is 1.40 bits per heavy atom. The number of rotatable bonds is 3. The van der Waals surface area contributed by atoms with Gasteiger partial charge in [-0.3, -0.25) is 0 Å². The zero-order chi connectivity index (χ0) is 11.1. The third-order valence-electron chi connectivity index (χ3n) is 3.64. The molecule has 1 N–H and O–H groups in total. The molecule has 3 aliphatic rings. The van der Waals surface area contributed by atoms with Crippen molar-refractivity contribution in [3.8, 4) is 0 Å². The number of hydrogen-bond acceptors (Lipinski definition) is 1. The van der Waals surface area contributed by atoms with E-state index in [0.29, 0.717) is 9.34 Å². The van der Waals surface area contributed by atoms with E-state index in [1.165, 1.54) is 12.8 Å². The minimum Gasteiger partial charge on any atom is -0.391 e. The smallest absolute Gasteiger partial charge is 0.0749 e. The lowest BCUT2D eigenvalue weighted by molar-refractivity contribution is 0.0600. The van der Waals surface area contributed by atoms with Gasteiger partial charge in [-0.25, -0.2) is 0 Å². The highest BCUT2D eigenvalue weighted by molar-refractivity contribution is 14.1. The van der Waals surface area contributed by atoms with Gasteiger partial charge in [-0.1, -0.05) is 77.1 Å². The van der Waals surface area contributed by atoms with Crippen LogP contribution in [-0.2, 0) is 0 Å². The topological polar surface area (TPSA) is 20.2 Å². The van der Waals surface area contributed by atoms with Crippen LogP contribution in [0.2, 0.25) is 0 Å². The van der Waals surface area contributed by atoms with Crippen LogP contribution in [0.4, 0.5) is 0 Å². The van der Waals surface area contributed by atoms with Crippen LogP contribution < -0.4 is 0 Å². The molecule has 0 aromatic rings. The van der Waals surface area contributed by atoms with E-state index in [-0.39, 0.29) is 9.53 Å². The summed E-state index contributed by atoms with van der Waals surface area (Å²) in [6.45, 7) is 2.21. The number of aliphatic hydroxyl groups is 1. The molecule has 0 amide bonds. The van der Waals surface area contributed by atoms with Gasteiger partial charge in [0.1, 0.15) is 0 Å². The summed E-state index contributed by atoms with van der Waals surface area (Å²) >= 11 is 5.04. The van der Waals surface area contributed by atoms with Crippen LogP contribution in [0.25, 0.3) is 0 Å². The highest BCUT2D eigenvalue weighted by Crippen LogP contribution is 2.59. The van der Waals surface area contributed by atoms with Crippen LogP contribution >= 0.6 is 45.2 Å². The number of unbranched alkanes of at least 4 members (excludes halogenated alkanes) is 1. The van der Waals surface area contributed by atoms with Crippen molar-refractivity contribution in [2.45, 2.75) is 52.0 Å². The summed E-state index contributed by atoms with van der Waals surface area (Å²) in [5.41, 5.74) is 0. The van der Waals surface area contributed by atoms with Gasteiger partial charge in [0.2, 0.25) is 0 Å². The maximum Gasteiger partial charge on any atom is 0.0749 e. The van der Waals surface area contributed by atoms with Crippen molar-refractivity contribution < 1.29 is 5.11 Å². The number of allylic oxidation sites excluding steroid dienone is 1. The van der Waals surface area contributed by atoms with E-state index in [2.05, 4.69) is 64.3 Å². The summed E-state index contributed by atoms with van der Waals surface area (Å²) in [6, 6.07) is 0. The van der Waals surface area contributed by atoms with E-state index in [1.54, 1.807) is 0 Å². The predicted octanol–water partition coefficient (Wildman–Crippen LogP) is 3.86. The second-order valence-electron chi connectivity index (χ2n) is 5.03. The van der Waals surface area contributed by atoms with Crippen molar-refractivity contribution in [2.75, 3.05) is 0 Å². The van der Waals surface area contributed by atoms with E-state index in [0.717, 1.165) is 19.3 Å². The molecular weight excluding hydrogens is 414 g/mol. The molecule has 0 aliphatic heterocycles. The maximum absolute atomic E-state index is 10.4. The first-order chi connectivity index (χ1) is 6.99. The average molecular weight is 432 g/mol. The third kappa shape index (κ3) is 2.39. The molecule has 0 unspecified atom stereocenters. The van der Waals surface area contributed by atoms with Crippen molar-refractivity contribution in [2.24, 2.45) is 5.92 Å². The van der Waals surface area contributed by atoms with Crippen molar-refractivity contribution in [3.05, 3.63) is 12.2 Å². The van der Waals surface area contributed by atoms with E-state index < -0.39 is 0 Å². The van der Waals surface area contributed by atoms with E-state index in [1.807, 2.05) is 0 Å². The van der Waals surface area contributed by atoms with Crippen molar-refractivity contribution in [3.63, 3.8) is 0 Å². The molecule has 86 valence electrons. The van der Waals surface area contributed by atoms with Gasteiger partial charge in [0, 0.05) is 9.34 Å². The number of alkyl halides is 2. The summed E-state index contributed by atoms with van der Waals surface area (Å²) in [4.78, 5) is 0. The molecule has 15 heavy (non-hydrogen) atoms. The molecule has 1 fully saturated rings. The maximum atomic E-state index is 10.4. The van der Waals surface area contributed by atoms with Crippen molar-refractivity contribution in [1.29, 1.82) is 0 Å². The molecule has 0 aromatic heterocycles. The molecule has 1 saturated carbocycles. The SMILES string of the molecule is CCCC[C@@H]1C=CC2(I)CC(I)(C2)[C@@H]1O. The summed E-state index contributed by atoms with van der Waals surface area (Å²) in [5, 5.41) is 10.4. The highest BCUT2D eigenvalue weighted by Gasteiger charge is 2.57. The Balaban J connectivity index is 2.09. The Kier molecular flexibility index (Phi) is 3.73. The average Bonchev–Trinajstić information content (AvgIpc) is 2.28. The highest BCUT2D eigenvalue weighted by atomic mass is 127. The van der Waals surface area contributed by atoms with Crippen LogP contribution in [0, 0.1) is 5.92 Å². The molecule has 2 bridgehead atoms. The largest absolute Gasteiger partial charge is 0.391 e. The standard InChI is InChI=1S/C12H18I2O/c1-2-3-4-9-5-6-11(13)7-12(14,8-11)10(9)15/h5-6,9-10,15H,2-4,7-8H2,1H3/t9-,10-,11?,12?/m1/s1. The van der Waals surface area contributed by atoms with E-state index in [9.17, 15) is 5.11 Å². The van der Waals surface area contributed by atoms with Gasteiger partial charge < -0.3 is 5.11 Å². The molecule has 3 heteroatoms. The number of halogens is 2. The lowest BCUT2D eigenvalue weighted by atomic mass is 9.71. The van der Waals surface area contributed by atoms with Crippen LogP contribution in [0.5, 0.6) is 0 Å². The van der Waals surface area contributed by atoms with Gasteiger partial charge >= 0.3 is 0 Å². The fourth-order valence-electron chi connectivity index (χ4n) is 2.73. The third-order valence-corrected chi connectivity index (χ3v) is 6.17. The lowest BCUT2D eigenvalue weighted by Gasteiger charge is -2.50. The van der Waals surface area contributed by atoms with Crippen LogP contribution in [0.3, 0.4) is 0 Å². The summed E-state index contributed by atoms with van der Waals surface area (Å²) in [7, 11) is 0. The molecule has 3 aliphatic carbocycles. The van der Waals surface area contributed by atoms with Gasteiger partial charge in [0.25, 0.3) is 0 Å². The molecule has 0 aromatic carbocycles. The molecule has 2 atom stereocenters. The second kappa shape index (κ2) is 4.44. The van der Waals surface area contributed by atoms with Crippen molar-refractivity contribution >= 4 is 45.2 Å². The molecule has 0 spiro atoms. The molecule has 1 nitrogen and oxygen atoms in total. The van der Waals surface area contributed by atoms with Crippen molar-refractivity contribution in [1.82, 2.24) is 0 Å². The van der Waals surface area contributed by atoms with Gasteiger partial charge in [-0.15, -0.1) is 0 Å². The fourth-order valence-corrected chi connectivity index (χ4v) is 7.58. The number of aliphatic hydroxyl groups excluding tert-OH is 1. The zero-order valence-electron chi connectivity index (χ0n) is 9.05. The van der Waals surface area contributed by atoms with Crippen LogP contribution in [-0.4, -0.2) is 18.1 Å². The first-order valence-corrected chi connectivity index (χ1v) is 7.90. The summed E-state index contributed by atoms with van der Waals surface area (Å²) in [5.74, 6) is 0.390. The molecule has 0 heterocycles. The van der Waals surface area contributed by atoms with Crippen LogP contribution in [0.1, 0.15) is 39.0 Å². The Morgan fingerprint density at radius 3 is 2.67 bits per heavy atom. The normalized spacial score (nSPS) is 48.5. The number of fused-ring (bicyclic) bond motifs is 2. The van der Waals surface area contributed by atoms with E-state index in [4.69, 9.17) is 0 Å². The summed E-state index contributed by atoms with van der Waals surface area (Å²) < 4.78 is 0.502. The number of hydrogen-bond donors (Lipinski definition) is 1. The van der Waals surface area contributed by atoms with E-state index >= 15 is 0 Å². The molecular formula is C12H18I2O. The Bertz CT molecular complexity index is 269. The predicted molar refractivity (Wildman–Crippen MR) is 80.9 cm³/mol. The fraction of sp³-hybridized carbons (Fsp3) is 0.833. The first-order valence-electron chi connectivity index (χ1n) is 5.74.